The fraction of sp³-hybridized carbons (Fsp3) is 0.714. The monoisotopic (exact) mass is 280 g/mol. The molecule has 0 atom stereocenters. The zero-order valence-electron chi connectivity index (χ0n) is 10.2. The van der Waals surface area contributed by atoms with E-state index in [1.54, 1.807) is 11.1 Å². The summed E-state index contributed by atoms with van der Waals surface area (Å²) in [7, 11) is 0. The Morgan fingerprint density at radius 3 is 1.40 bits per heavy atom. The van der Waals surface area contributed by atoms with Crippen LogP contribution >= 0.6 is 0 Å². The molecule has 0 saturated heterocycles. The van der Waals surface area contributed by atoms with Crippen LogP contribution in [0.4, 0.5) is 0 Å². The van der Waals surface area contributed by atoms with Gasteiger partial charge in [-0.1, -0.05) is 52.4 Å². The molecule has 0 aromatic heterocycles. The third kappa shape index (κ3) is 6.51. The van der Waals surface area contributed by atoms with Crippen molar-refractivity contribution in [2.24, 2.45) is 0 Å². The van der Waals surface area contributed by atoms with Gasteiger partial charge in [-0.15, -0.1) is 0 Å². The average Bonchev–Trinajstić information content (AvgIpc) is 2.92. The van der Waals surface area contributed by atoms with E-state index in [1.807, 2.05) is 0 Å². The van der Waals surface area contributed by atoms with Crippen LogP contribution in [-0.4, -0.2) is 0 Å². The zero-order valence-corrected chi connectivity index (χ0v) is 12.6. The van der Waals surface area contributed by atoms with Crippen molar-refractivity contribution >= 4 is 0 Å². The van der Waals surface area contributed by atoms with Gasteiger partial charge in [0.15, 0.2) is 0 Å². The van der Waals surface area contributed by atoms with Gasteiger partial charge >= 0.3 is 26.2 Å². The van der Waals surface area contributed by atoms with Crippen LogP contribution in [0, 0.1) is 12.2 Å². The second-order valence-electron chi connectivity index (χ2n) is 3.97. The van der Waals surface area contributed by atoms with E-state index in [-0.39, 0.29) is 26.2 Å². The minimum Gasteiger partial charge on any atom is -0.497 e. The zero-order chi connectivity index (χ0) is 10.2. The van der Waals surface area contributed by atoms with Crippen molar-refractivity contribution in [3.63, 3.8) is 0 Å². The quantitative estimate of drug-likeness (QED) is 0.648. The second kappa shape index (κ2) is 9.58. The summed E-state index contributed by atoms with van der Waals surface area (Å²) in [6.07, 6.45) is 16.8. The molecule has 0 aromatic carbocycles. The van der Waals surface area contributed by atoms with E-state index in [0.717, 1.165) is 0 Å². The topological polar surface area (TPSA) is 0 Å². The van der Waals surface area contributed by atoms with Gasteiger partial charge < -0.3 is 12.2 Å². The number of hydrogen-bond donors (Lipinski definition) is 0. The van der Waals surface area contributed by atoms with E-state index in [4.69, 9.17) is 0 Å². The normalized spacial score (nSPS) is 18.5. The summed E-state index contributed by atoms with van der Waals surface area (Å²) in [5, 5.41) is 0. The second-order valence-corrected chi connectivity index (χ2v) is 3.97. The molecule has 0 aliphatic heterocycles. The number of rotatable bonds is 2. The van der Waals surface area contributed by atoms with Crippen molar-refractivity contribution in [1.29, 1.82) is 0 Å². The van der Waals surface area contributed by atoms with Crippen LogP contribution in [0.25, 0.3) is 0 Å². The Bertz CT molecular complexity index is 189. The predicted octanol–water partition coefficient (Wildman–Crippen LogP) is 4.62. The standard InChI is InChI=1S/2C7H11.Zr/c2*1-2-7-5-3-4-6-7;/h2*2-5H2,1H3;/q2*-1;+2. The molecule has 0 spiro atoms. The fourth-order valence-electron chi connectivity index (χ4n) is 1.91. The van der Waals surface area contributed by atoms with Gasteiger partial charge in [-0.05, 0) is 0 Å². The minimum absolute atomic E-state index is 0. The first-order chi connectivity index (χ1) is 6.86. The summed E-state index contributed by atoms with van der Waals surface area (Å²) in [6, 6.07) is 0. The first kappa shape index (κ1) is 15.4. The Morgan fingerprint density at radius 1 is 0.867 bits per heavy atom. The number of allylic oxidation sites excluding steroid dienone is 4. The van der Waals surface area contributed by atoms with Gasteiger partial charge in [0, 0.05) is 0 Å². The van der Waals surface area contributed by atoms with Crippen LogP contribution in [-0.2, 0) is 26.2 Å². The molecule has 0 N–H and O–H groups in total. The van der Waals surface area contributed by atoms with Crippen LogP contribution in [0.5, 0.6) is 0 Å². The van der Waals surface area contributed by atoms with Gasteiger partial charge in [0.25, 0.3) is 0 Å². The van der Waals surface area contributed by atoms with Crippen LogP contribution in [0.2, 0.25) is 0 Å². The maximum atomic E-state index is 3.32. The molecular formula is C14H22Zr. The van der Waals surface area contributed by atoms with Gasteiger partial charge in [0.1, 0.15) is 0 Å². The van der Waals surface area contributed by atoms with E-state index < -0.39 is 0 Å². The van der Waals surface area contributed by atoms with Gasteiger partial charge in [-0.2, -0.15) is 12.8 Å². The Balaban J connectivity index is 0.000000245. The summed E-state index contributed by atoms with van der Waals surface area (Å²) in [6.45, 7) is 4.40. The molecule has 2 aliphatic carbocycles. The van der Waals surface area contributed by atoms with Crippen LogP contribution in [0.3, 0.4) is 0 Å². The molecule has 0 heterocycles. The molecule has 0 nitrogen and oxygen atoms in total. The summed E-state index contributed by atoms with van der Waals surface area (Å²) in [5.74, 6) is 0. The third-order valence-electron chi connectivity index (χ3n) is 2.91. The van der Waals surface area contributed by atoms with Gasteiger partial charge in [-0.3, -0.25) is 11.1 Å². The van der Waals surface area contributed by atoms with Crippen molar-refractivity contribution in [3.8, 4) is 0 Å². The van der Waals surface area contributed by atoms with Crippen LogP contribution in [0.15, 0.2) is 11.1 Å². The Labute approximate surface area is 114 Å². The average molecular weight is 282 g/mol. The molecule has 2 rings (SSSR count). The first-order valence-corrected chi connectivity index (χ1v) is 6.04. The Morgan fingerprint density at radius 2 is 1.27 bits per heavy atom. The molecule has 0 aromatic rings. The summed E-state index contributed by atoms with van der Waals surface area (Å²) in [5.41, 5.74) is 3.08. The molecule has 82 valence electrons. The van der Waals surface area contributed by atoms with E-state index in [9.17, 15) is 0 Å². The molecule has 2 aliphatic rings. The van der Waals surface area contributed by atoms with Gasteiger partial charge in [0.2, 0.25) is 0 Å². The molecular weight excluding hydrogens is 259 g/mol. The van der Waals surface area contributed by atoms with Crippen molar-refractivity contribution in [2.45, 2.75) is 65.2 Å². The molecule has 0 fully saturated rings. The predicted molar refractivity (Wildman–Crippen MR) is 61.8 cm³/mol. The van der Waals surface area contributed by atoms with Gasteiger partial charge in [0.05, 0.1) is 0 Å². The van der Waals surface area contributed by atoms with Crippen molar-refractivity contribution < 1.29 is 26.2 Å². The maximum Gasteiger partial charge on any atom is 2.00 e. The van der Waals surface area contributed by atoms with Crippen molar-refractivity contribution in [1.82, 2.24) is 0 Å². The molecule has 0 unspecified atom stereocenters. The van der Waals surface area contributed by atoms with Crippen LogP contribution in [0.1, 0.15) is 65.2 Å². The third-order valence-corrected chi connectivity index (χ3v) is 2.91. The molecule has 0 bridgehead atoms. The molecule has 0 saturated carbocycles. The maximum absolute atomic E-state index is 3.32. The SMILES string of the molecule is CCC1=[C-]CCC1.CCC1=[C-]CCC1.[Zr+2]. The summed E-state index contributed by atoms with van der Waals surface area (Å²) < 4.78 is 0. The Kier molecular flexibility index (Phi) is 9.81. The minimum atomic E-state index is 0. The molecule has 0 amide bonds. The van der Waals surface area contributed by atoms with Crippen molar-refractivity contribution in [2.75, 3.05) is 0 Å². The summed E-state index contributed by atoms with van der Waals surface area (Å²) in [4.78, 5) is 0. The Hall–Kier alpha value is 0.363. The smallest absolute Gasteiger partial charge is 0.497 e. The van der Waals surface area contributed by atoms with E-state index in [0.29, 0.717) is 0 Å². The number of hydrogen-bond acceptors (Lipinski definition) is 0. The summed E-state index contributed by atoms with van der Waals surface area (Å²) >= 11 is 0. The largest absolute Gasteiger partial charge is 2.00 e. The van der Waals surface area contributed by atoms with E-state index >= 15 is 0 Å². The van der Waals surface area contributed by atoms with Gasteiger partial charge in [-0.25, -0.2) is 0 Å². The van der Waals surface area contributed by atoms with Crippen molar-refractivity contribution in [3.05, 3.63) is 23.3 Å². The van der Waals surface area contributed by atoms with E-state index in [2.05, 4.69) is 26.0 Å². The molecule has 15 heavy (non-hydrogen) atoms. The fourth-order valence-corrected chi connectivity index (χ4v) is 1.91. The molecule has 0 radical (unpaired) electrons. The van der Waals surface area contributed by atoms with Crippen LogP contribution < -0.4 is 0 Å². The molecule has 1 heteroatoms. The first-order valence-electron chi connectivity index (χ1n) is 6.04. The van der Waals surface area contributed by atoms with E-state index in [1.165, 1.54) is 51.4 Å².